The van der Waals surface area contributed by atoms with E-state index < -0.39 is 6.10 Å². The maximum absolute atomic E-state index is 12.4. The highest BCUT2D eigenvalue weighted by atomic mass is 16.5. The third-order valence-corrected chi connectivity index (χ3v) is 4.52. The molecule has 1 saturated carbocycles. The summed E-state index contributed by atoms with van der Waals surface area (Å²) < 4.78 is 11.4. The fraction of sp³-hybridized carbons (Fsp3) is 0.933. The van der Waals surface area contributed by atoms with Gasteiger partial charge in [0.15, 0.2) is 0 Å². The van der Waals surface area contributed by atoms with E-state index in [1.807, 2.05) is 11.8 Å². The Balaban J connectivity index is 1.94. The number of hydrogen-bond donors (Lipinski definition) is 1. The summed E-state index contributed by atoms with van der Waals surface area (Å²) in [4.78, 5) is 14.3. The molecular formula is C15H28N2O3. The molecule has 5 heteroatoms. The second-order valence-corrected chi connectivity index (χ2v) is 6.29. The van der Waals surface area contributed by atoms with E-state index >= 15 is 0 Å². The van der Waals surface area contributed by atoms with Crippen LogP contribution < -0.4 is 5.73 Å². The molecule has 0 bridgehead atoms. The van der Waals surface area contributed by atoms with Crippen LogP contribution in [-0.4, -0.2) is 55.4 Å². The van der Waals surface area contributed by atoms with E-state index in [9.17, 15) is 4.79 Å². The smallest absolute Gasteiger partial charge is 0.251 e. The van der Waals surface area contributed by atoms with Crippen LogP contribution in [0.5, 0.6) is 0 Å². The molecule has 20 heavy (non-hydrogen) atoms. The molecule has 2 N–H and O–H groups in total. The first-order chi connectivity index (χ1) is 9.56. The van der Waals surface area contributed by atoms with E-state index in [0.29, 0.717) is 38.8 Å². The quantitative estimate of drug-likeness (QED) is 0.841. The summed E-state index contributed by atoms with van der Waals surface area (Å²) in [7, 11) is 0. The summed E-state index contributed by atoms with van der Waals surface area (Å²) in [5, 5.41) is 0. The maximum atomic E-state index is 12.4. The van der Waals surface area contributed by atoms with Gasteiger partial charge in [0.1, 0.15) is 6.10 Å². The van der Waals surface area contributed by atoms with Gasteiger partial charge >= 0.3 is 0 Å². The number of carbonyl (C=O) groups excluding carboxylic acids is 1. The number of rotatable bonds is 4. The Morgan fingerprint density at radius 3 is 2.80 bits per heavy atom. The Morgan fingerprint density at radius 1 is 1.50 bits per heavy atom. The van der Waals surface area contributed by atoms with E-state index in [1.54, 1.807) is 0 Å². The van der Waals surface area contributed by atoms with E-state index in [4.69, 9.17) is 15.2 Å². The van der Waals surface area contributed by atoms with Gasteiger partial charge in [0, 0.05) is 19.6 Å². The van der Waals surface area contributed by atoms with E-state index in [2.05, 4.69) is 6.92 Å². The summed E-state index contributed by atoms with van der Waals surface area (Å²) >= 11 is 0. The van der Waals surface area contributed by atoms with Crippen molar-refractivity contribution >= 4 is 5.91 Å². The number of hydrogen-bond acceptors (Lipinski definition) is 4. The van der Waals surface area contributed by atoms with Crippen LogP contribution in [0.3, 0.4) is 0 Å². The predicted octanol–water partition coefficient (Wildman–Crippen LogP) is 1.16. The molecule has 2 aliphatic rings. The summed E-state index contributed by atoms with van der Waals surface area (Å²) in [6, 6.07) is 0. The fourth-order valence-corrected chi connectivity index (χ4v) is 3.42. The van der Waals surface area contributed by atoms with Gasteiger partial charge in [0.25, 0.3) is 5.91 Å². The van der Waals surface area contributed by atoms with Crippen molar-refractivity contribution in [3.8, 4) is 0 Å². The molecule has 0 aromatic rings. The molecule has 1 amide bonds. The molecule has 2 fully saturated rings. The zero-order valence-corrected chi connectivity index (χ0v) is 12.8. The van der Waals surface area contributed by atoms with Crippen LogP contribution in [-0.2, 0) is 14.3 Å². The first kappa shape index (κ1) is 15.7. The first-order valence-electron chi connectivity index (χ1n) is 7.81. The van der Waals surface area contributed by atoms with Gasteiger partial charge in [-0.25, -0.2) is 0 Å². The van der Waals surface area contributed by atoms with Crippen molar-refractivity contribution in [2.24, 2.45) is 11.7 Å². The molecule has 0 aromatic heterocycles. The van der Waals surface area contributed by atoms with Crippen molar-refractivity contribution in [3.63, 3.8) is 0 Å². The van der Waals surface area contributed by atoms with Gasteiger partial charge in [-0.1, -0.05) is 19.8 Å². The molecule has 0 spiro atoms. The standard InChI is InChI=1S/C15H28N2O3/c1-12-4-3-5-15(10-12,11-16)20-13(2)14(18)17-6-8-19-9-7-17/h12-13H,3-11,16H2,1-2H3. The second kappa shape index (κ2) is 6.87. The van der Waals surface area contributed by atoms with Gasteiger partial charge in [-0.15, -0.1) is 0 Å². The highest BCUT2D eigenvalue weighted by Crippen LogP contribution is 2.35. The molecule has 3 unspecified atom stereocenters. The van der Waals surface area contributed by atoms with Crippen LogP contribution in [0.15, 0.2) is 0 Å². The van der Waals surface area contributed by atoms with Crippen LogP contribution in [0.1, 0.15) is 39.5 Å². The zero-order valence-electron chi connectivity index (χ0n) is 12.8. The number of morpholine rings is 1. The van der Waals surface area contributed by atoms with Crippen molar-refractivity contribution in [3.05, 3.63) is 0 Å². The third kappa shape index (κ3) is 3.71. The maximum Gasteiger partial charge on any atom is 0.251 e. The second-order valence-electron chi connectivity index (χ2n) is 6.29. The van der Waals surface area contributed by atoms with Crippen LogP contribution in [0.2, 0.25) is 0 Å². The molecule has 1 heterocycles. The largest absolute Gasteiger partial charge is 0.378 e. The predicted molar refractivity (Wildman–Crippen MR) is 77.4 cm³/mol. The molecule has 1 aliphatic carbocycles. The summed E-state index contributed by atoms with van der Waals surface area (Å²) in [6.45, 7) is 7.17. The number of ether oxygens (including phenoxy) is 2. The Kier molecular flexibility index (Phi) is 5.41. The zero-order chi connectivity index (χ0) is 14.6. The molecule has 5 nitrogen and oxygen atoms in total. The Hall–Kier alpha value is -0.650. The number of amides is 1. The first-order valence-corrected chi connectivity index (χ1v) is 7.81. The van der Waals surface area contributed by atoms with Crippen molar-refractivity contribution < 1.29 is 14.3 Å². The van der Waals surface area contributed by atoms with Crippen LogP contribution >= 0.6 is 0 Å². The minimum Gasteiger partial charge on any atom is -0.378 e. The minimum atomic E-state index is -0.415. The third-order valence-electron chi connectivity index (χ3n) is 4.52. The molecule has 3 atom stereocenters. The molecule has 0 radical (unpaired) electrons. The van der Waals surface area contributed by atoms with Crippen molar-refractivity contribution in [1.82, 2.24) is 4.90 Å². The molecule has 1 aliphatic heterocycles. The van der Waals surface area contributed by atoms with Crippen LogP contribution in [0.25, 0.3) is 0 Å². The Labute approximate surface area is 121 Å². The number of nitrogens with zero attached hydrogens (tertiary/aromatic N) is 1. The van der Waals surface area contributed by atoms with Crippen molar-refractivity contribution in [2.75, 3.05) is 32.8 Å². The molecule has 0 aromatic carbocycles. The highest BCUT2D eigenvalue weighted by molar-refractivity contribution is 5.80. The number of nitrogens with two attached hydrogens (primary N) is 1. The van der Waals surface area contributed by atoms with Gasteiger partial charge in [-0.2, -0.15) is 0 Å². The minimum absolute atomic E-state index is 0.0688. The Bertz CT molecular complexity index is 331. The lowest BCUT2D eigenvalue weighted by atomic mass is 9.78. The summed E-state index contributed by atoms with van der Waals surface area (Å²) in [6.07, 6.45) is 3.88. The van der Waals surface area contributed by atoms with Gasteiger partial charge in [-0.05, 0) is 25.7 Å². The van der Waals surface area contributed by atoms with Crippen molar-refractivity contribution in [2.45, 2.75) is 51.2 Å². The Morgan fingerprint density at radius 2 is 2.20 bits per heavy atom. The van der Waals surface area contributed by atoms with Crippen molar-refractivity contribution in [1.29, 1.82) is 0 Å². The monoisotopic (exact) mass is 284 g/mol. The van der Waals surface area contributed by atoms with E-state index in [0.717, 1.165) is 19.3 Å². The lowest BCUT2D eigenvalue weighted by Gasteiger charge is -2.41. The average molecular weight is 284 g/mol. The summed E-state index contributed by atoms with van der Waals surface area (Å²) in [5.41, 5.74) is 5.65. The van der Waals surface area contributed by atoms with E-state index in [1.165, 1.54) is 6.42 Å². The summed E-state index contributed by atoms with van der Waals surface area (Å²) in [5.74, 6) is 0.692. The lowest BCUT2D eigenvalue weighted by molar-refractivity contribution is -0.164. The molecule has 2 rings (SSSR count). The lowest BCUT2D eigenvalue weighted by Crippen LogP contribution is -2.51. The molecule has 1 saturated heterocycles. The normalized spacial score (nSPS) is 33.0. The topological polar surface area (TPSA) is 64.8 Å². The van der Waals surface area contributed by atoms with Gasteiger partial charge < -0.3 is 20.1 Å². The number of carbonyl (C=O) groups is 1. The van der Waals surface area contributed by atoms with Crippen LogP contribution in [0.4, 0.5) is 0 Å². The van der Waals surface area contributed by atoms with E-state index in [-0.39, 0.29) is 11.5 Å². The molecular weight excluding hydrogens is 256 g/mol. The fourth-order valence-electron chi connectivity index (χ4n) is 3.42. The van der Waals surface area contributed by atoms with Gasteiger partial charge in [0.05, 0.1) is 18.8 Å². The van der Waals surface area contributed by atoms with Gasteiger partial charge in [-0.3, -0.25) is 4.79 Å². The SMILES string of the molecule is CC1CCCC(CN)(OC(C)C(=O)N2CCOCC2)C1. The highest BCUT2D eigenvalue weighted by Gasteiger charge is 2.38. The molecule has 116 valence electrons. The average Bonchev–Trinajstić information content (AvgIpc) is 2.47. The van der Waals surface area contributed by atoms with Crippen LogP contribution in [0, 0.1) is 5.92 Å². The van der Waals surface area contributed by atoms with Gasteiger partial charge in [0.2, 0.25) is 0 Å².